The lowest BCUT2D eigenvalue weighted by atomic mass is 9.67. The molecule has 1 unspecified atom stereocenters. The second-order valence-corrected chi connectivity index (χ2v) is 26.2. The molecule has 1 aliphatic carbocycles. The van der Waals surface area contributed by atoms with E-state index in [0.717, 1.165) is 94.9 Å². The molecule has 14 rings (SSSR count). The molecule has 0 fully saturated rings. The van der Waals surface area contributed by atoms with Gasteiger partial charge in [-0.15, -0.1) is 0 Å². The highest BCUT2D eigenvalue weighted by Gasteiger charge is 2.47. The van der Waals surface area contributed by atoms with Crippen molar-refractivity contribution in [1.82, 2.24) is 9.55 Å². The van der Waals surface area contributed by atoms with Crippen molar-refractivity contribution in [3.63, 3.8) is 0 Å². The summed E-state index contributed by atoms with van der Waals surface area (Å²) in [6.45, 7) is 20.9. The number of ether oxygens (including phenoxy) is 1. The molecule has 0 spiro atoms. The number of para-hydroxylation sites is 3. The normalized spacial score (nSPS) is 14.9. The molecular weight excluding hydrogens is 1040 g/mol. The van der Waals surface area contributed by atoms with Gasteiger partial charge in [0.1, 0.15) is 29.8 Å². The number of hydrogen-bond acceptors (Lipinski definition) is 4. The Morgan fingerprint density at radius 1 is 0.424 bits per heavy atom. The van der Waals surface area contributed by atoms with Gasteiger partial charge in [0, 0.05) is 45.9 Å². The first-order chi connectivity index (χ1) is 40.9. The molecule has 0 saturated carbocycles. The van der Waals surface area contributed by atoms with Crippen molar-refractivity contribution >= 4 is 44.6 Å². The summed E-state index contributed by atoms with van der Waals surface area (Å²) >= 11 is 0. The summed E-state index contributed by atoms with van der Waals surface area (Å²) in [5.41, 5.74) is 19.5. The standard InChI is InChI=1S/C79H69FN4O/c1-76(2,3)53-32-34-54(35-33-53)79(68-28-18-16-26-62(68)67-47-58(80)36-39-69(67)79)57-42-59(48-61(43-57)85-60-37-38-64-63-27-17-19-29-70(63)84(73(64)49-60)74-46-55(40-41-81-74)77(4,5)6)82-50-83(72-31-21-20-30-71(72)82)75-65(51-22-12-10-13-23-51)44-56(78(7,8)9)45-66(75)52-24-14-11-15-25-52/h10-49H,50H2,1-9H3. The molecule has 418 valence electrons. The van der Waals surface area contributed by atoms with Crippen molar-refractivity contribution in [2.45, 2.75) is 84.0 Å². The van der Waals surface area contributed by atoms with Crippen LogP contribution in [0.5, 0.6) is 11.5 Å². The third-order valence-electron chi connectivity index (χ3n) is 17.7. The van der Waals surface area contributed by atoms with Crippen LogP contribution in [0, 0.1) is 5.82 Å². The van der Waals surface area contributed by atoms with E-state index in [4.69, 9.17) is 9.72 Å². The Hall–Kier alpha value is -9.52. The van der Waals surface area contributed by atoms with E-state index in [2.05, 4.69) is 295 Å². The molecule has 0 radical (unpaired) electrons. The zero-order chi connectivity index (χ0) is 58.6. The summed E-state index contributed by atoms with van der Waals surface area (Å²) < 4.78 is 25.6. The van der Waals surface area contributed by atoms with Gasteiger partial charge in [0.2, 0.25) is 0 Å². The van der Waals surface area contributed by atoms with E-state index in [0.29, 0.717) is 18.2 Å². The molecule has 0 amide bonds. The summed E-state index contributed by atoms with van der Waals surface area (Å²) in [6, 6.07) is 84.5. The van der Waals surface area contributed by atoms with Crippen LogP contribution in [0.2, 0.25) is 0 Å². The molecule has 2 aliphatic rings. The molecule has 5 nitrogen and oxygen atoms in total. The van der Waals surface area contributed by atoms with E-state index in [-0.39, 0.29) is 22.1 Å². The van der Waals surface area contributed by atoms with Gasteiger partial charge in [-0.3, -0.25) is 4.57 Å². The Kier molecular flexibility index (Phi) is 12.6. The van der Waals surface area contributed by atoms with E-state index in [1.165, 1.54) is 27.8 Å². The van der Waals surface area contributed by atoms with Crippen molar-refractivity contribution in [3.8, 4) is 50.7 Å². The van der Waals surface area contributed by atoms with Crippen molar-refractivity contribution in [3.05, 3.63) is 288 Å². The second kappa shape index (κ2) is 20.1. The minimum absolute atomic E-state index is 0.0773. The van der Waals surface area contributed by atoms with E-state index in [1.54, 1.807) is 12.1 Å². The van der Waals surface area contributed by atoms with Crippen molar-refractivity contribution in [2.24, 2.45) is 0 Å². The predicted molar refractivity (Wildman–Crippen MR) is 351 cm³/mol. The van der Waals surface area contributed by atoms with Crippen molar-refractivity contribution in [1.29, 1.82) is 0 Å². The summed E-state index contributed by atoms with van der Waals surface area (Å²) in [7, 11) is 0. The van der Waals surface area contributed by atoms with E-state index < -0.39 is 5.41 Å². The minimum atomic E-state index is -0.896. The number of pyridine rings is 1. The molecule has 0 saturated heterocycles. The highest BCUT2D eigenvalue weighted by atomic mass is 19.1. The van der Waals surface area contributed by atoms with Gasteiger partial charge >= 0.3 is 0 Å². The van der Waals surface area contributed by atoms with Gasteiger partial charge in [-0.25, -0.2) is 9.37 Å². The lowest BCUT2D eigenvalue weighted by Crippen LogP contribution is -2.30. The average Bonchev–Trinajstić information content (AvgIpc) is 1.66. The first-order valence-corrected chi connectivity index (χ1v) is 29.7. The van der Waals surface area contributed by atoms with E-state index in [1.807, 2.05) is 12.3 Å². The number of hydrogen-bond donors (Lipinski definition) is 0. The van der Waals surface area contributed by atoms with Gasteiger partial charge in [0.25, 0.3) is 0 Å². The van der Waals surface area contributed by atoms with Crippen LogP contribution in [-0.4, -0.2) is 16.2 Å². The van der Waals surface area contributed by atoms with Crippen LogP contribution < -0.4 is 14.5 Å². The Balaban J connectivity index is 1.02. The fraction of sp³-hybridized carbons (Fsp3) is 0.177. The van der Waals surface area contributed by atoms with Gasteiger partial charge in [-0.05, 0) is 156 Å². The Bertz CT molecular complexity index is 4500. The SMILES string of the molecule is CC(C)(C)c1ccc(C2(c3cc(Oc4ccc5c6ccccc6n(-c6cc(C(C)(C)C)ccn6)c5c4)cc(N4CN(c5c(-c6ccccc6)cc(C(C)(C)C)cc5-c5ccccc5)c5ccccc54)c3)c3ccccc3-c3cc(F)ccc32)cc1. The van der Waals surface area contributed by atoms with Crippen molar-refractivity contribution < 1.29 is 9.13 Å². The van der Waals surface area contributed by atoms with Gasteiger partial charge in [-0.2, -0.15) is 0 Å². The Morgan fingerprint density at radius 3 is 1.71 bits per heavy atom. The van der Waals surface area contributed by atoms with Crippen LogP contribution in [0.3, 0.4) is 0 Å². The highest BCUT2D eigenvalue weighted by molar-refractivity contribution is 6.09. The lowest BCUT2D eigenvalue weighted by Gasteiger charge is -2.35. The second-order valence-electron chi connectivity index (χ2n) is 26.2. The average molecular weight is 1110 g/mol. The molecule has 0 bridgehead atoms. The van der Waals surface area contributed by atoms with E-state index in [9.17, 15) is 0 Å². The predicted octanol–water partition coefficient (Wildman–Crippen LogP) is 20.9. The third-order valence-corrected chi connectivity index (χ3v) is 17.7. The molecule has 1 aliphatic heterocycles. The smallest absolute Gasteiger partial charge is 0.137 e. The van der Waals surface area contributed by atoms with Crippen LogP contribution in [0.25, 0.3) is 61.0 Å². The number of rotatable bonds is 9. The quantitative estimate of drug-likeness (QED) is 0.144. The molecular formula is C79H69FN4O. The molecule has 3 heterocycles. The zero-order valence-electron chi connectivity index (χ0n) is 49.9. The van der Waals surface area contributed by atoms with E-state index >= 15 is 4.39 Å². The molecule has 0 N–H and O–H groups in total. The first kappa shape index (κ1) is 53.5. The van der Waals surface area contributed by atoms with Crippen LogP contribution in [0.1, 0.15) is 101 Å². The molecule has 2 aromatic heterocycles. The van der Waals surface area contributed by atoms with Gasteiger partial charge < -0.3 is 14.5 Å². The maximum Gasteiger partial charge on any atom is 0.137 e. The molecule has 10 aromatic carbocycles. The fourth-order valence-corrected chi connectivity index (χ4v) is 13.3. The monoisotopic (exact) mass is 1110 g/mol. The topological polar surface area (TPSA) is 33.5 Å². The fourth-order valence-electron chi connectivity index (χ4n) is 13.3. The number of anilines is 4. The number of aromatic nitrogens is 2. The summed E-state index contributed by atoms with van der Waals surface area (Å²) in [5.74, 6) is 1.94. The molecule has 6 heteroatoms. The van der Waals surface area contributed by atoms with Crippen molar-refractivity contribution in [2.75, 3.05) is 16.5 Å². The number of benzene rings is 10. The maximum absolute atomic E-state index is 15.9. The van der Waals surface area contributed by atoms with Gasteiger partial charge in [0.05, 0.1) is 33.5 Å². The Morgan fingerprint density at radius 2 is 1.02 bits per heavy atom. The number of nitrogens with zero attached hydrogens (tertiary/aromatic N) is 4. The minimum Gasteiger partial charge on any atom is -0.457 e. The third kappa shape index (κ3) is 9.09. The summed E-state index contributed by atoms with van der Waals surface area (Å²) in [6.07, 6.45) is 1.92. The van der Waals surface area contributed by atoms with Gasteiger partial charge in [-0.1, -0.05) is 208 Å². The summed E-state index contributed by atoms with van der Waals surface area (Å²) in [4.78, 5) is 9.98. The summed E-state index contributed by atoms with van der Waals surface area (Å²) in [5, 5.41) is 2.25. The van der Waals surface area contributed by atoms with Crippen LogP contribution in [0.15, 0.2) is 243 Å². The van der Waals surface area contributed by atoms with Crippen LogP contribution in [0.4, 0.5) is 27.1 Å². The lowest BCUT2D eigenvalue weighted by molar-refractivity contribution is 0.482. The highest BCUT2D eigenvalue weighted by Crippen LogP contribution is 2.59. The van der Waals surface area contributed by atoms with Crippen LogP contribution in [-0.2, 0) is 21.7 Å². The zero-order valence-corrected chi connectivity index (χ0v) is 49.9. The van der Waals surface area contributed by atoms with Gasteiger partial charge in [0.15, 0.2) is 0 Å². The molecule has 85 heavy (non-hydrogen) atoms. The number of halogens is 1. The maximum atomic E-state index is 15.9. The van der Waals surface area contributed by atoms with Crippen LogP contribution >= 0.6 is 0 Å². The Labute approximate surface area is 499 Å². The molecule has 1 atom stereocenters. The first-order valence-electron chi connectivity index (χ1n) is 29.7. The number of fused-ring (bicyclic) bond motifs is 7. The largest absolute Gasteiger partial charge is 0.457 e. The molecule has 12 aromatic rings.